The minimum absolute atomic E-state index is 0.00668. The normalized spacial score (nSPS) is 23.5. The molecule has 0 heterocycles. The van der Waals surface area contributed by atoms with Gasteiger partial charge in [0.25, 0.3) is 5.91 Å². The van der Waals surface area contributed by atoms with Crippen molar-refractivity contribution in [3.63, 3.8) is 0 Å². The van der Waals surface area contributed by atoms with E-state index < -0.39 is 0 Å². The van der Waals surface area contributed by atoms with Gasteiger partial charge in [-0.1, -0.05) is 44.9 Å². The molecule has 0 bridgehead atoms. The average Bonchev–Trinajstić information content (AvgIpc) is 2.60. The Morgan fingerprint density at radius 1 is 0.958 bits per heavy atom. The molecular formula is C21H25NO2. The van der Waals surface area contributed by atoms with Gasteiger partial charge in [0.1, 0.15) is 11.5 Å². The van der Waals surface area contributed by atoms with Crippen molar-refractivity contribution in [3.8, 4) is 11.5 Å². The fourth-order valence-electron chi connectivity index (χ4n) is 3.34. The Morgan fingerprint density at radius 3 is 2.33 bits per heavy atom. The zero-order chi connectivity index (χ0) is 16.9. The van der Waals surface area contributed by atoms with E-state index in [1.54, 1.807) is 0 Å². The molecule has 1 aliphatic carbocycles. The van der Waals surface area contributed by atoms with Crippen molar-refractivity contribution in [1.82, 2.24) is 5.32 Å². The second kappa shape index (κ2) is 7.52. The first-order valence-corrected chi connectivity index (χ1v) is 8.77. The minimum Gasteiger partial charge on any atom is -0.457 e. The number of carbonyl (C=O) groups excluding carboxylic acids is 1. The zero-order valence-corrected chi connectivity index (χ0v) is 14.4. The Hall–Kier alpha value is -2.29. The van der Waals surface area contributed by atoms with E-state index >= 15 is 0 Å². The molecule has 0 unspecified atom stereocenters. The van der Waals surface area contributed by atoms with Crippen molar-refractivity contribution >= 4 is 5.91 Å². The summed E-state index contributed by atoms with van der Waals surface area (Å²) < 4.78 is 5.76. The first-order chi connectivity index (χ1) is 11.6. The lowest BCUT2D eigenvalue weighted by Crippen LogP contribution is -2.43. The smallest absolute Gasteiger partial charge is 0.251 e. The van der Waals surface area contributed by atoms with Crippen LogP contribution < -0.4 is 10.1 Å². The Balaban J connectivity index is 1.61. The zero-order valence-electron chi connectivity index (χ0n) is 14.4. The number of para-hydroxylation sites is 1. The van der Waals surface area contributed by atoms with Crippen LogP contribution in [0, 0.1) is 11.8 Å². The molecule has 1 aliphatic rings. The Bertz CT molecular complexity index is 666. The molecule has 126 valence electrons. The third-order valence-electron chi connectivity index (χ3n) is 5.12. The molecule has 3 heteroatoms. The number of nitrogens with one attached hydrogen (secondary N) is 1. The van der Waals surface area contributed by atoms with Gasteiger partial charge >= 0.3 is 0 Å². The number of amides is 1. The van der Waals surface area contributed by atoms with Crippen molar-refractivity contribution in [3.05, 3.63) is 60.2 Å². The highest BCUT2D eigenvalue weighted by atomic mass is 16.5. The van der Waals surface area contributed by atoms with E-state index in [-0.39, 0.29) is 11.9 Å². The molecule has 3 rings (SSSR count). The lowest BCUT2D eigenvalue weighted by atomic mass is 9.78. The van der Waals surface area contributed by atoms with Crippen LogP contribution in [0.1, 0.15) is 43.5 Å². The first kappa shape index (κ1) is 16.6. The predicted molar refractivity (Wildman–Crippen MR) is 96.4 cm³/mol. The maximum absolute atomic E-state index is 12.5. The van der Waals surface area contributed by atoms with E-state index in [1.807, 2.05) is 54.6 Å². The molecule has 1 amide bonds. The lowest BCUT2D eigenvalue weighted by Gasteiger charge is -2.34. The van der Waals surface area contributed by atoms with Crippen LogP contribution in [0.15, 0.2) is 54.6 Å². The molecule has 1 saturated carbocycles. The summed E-state index contributed by atoms with van der Waals surface area (Å²) in [5.74, 6) is 2.73. The van der Waals surface area contributed by atoms with Gasteiger partial charge in [-0.3, -0.25) is 4.79 Å². The molecule has 0 aromatic heterocycles. The van der Waals surface area contributed by atoms with Crippen molar-refractivity contribution in [1.29, 1.82) is 0 Å². The largest absolute Gasteiger partial charge is 0.457 e. The molecular weight excluding hydrogens is 298 g/mol. The fraction of sp³-hybridized carbons (Fsp3) is 0.381. The second-order valence-electron chi connectivity index (χ2n) is 6.79. The van der Waals surface area contributed by atoms with E-state index in [2.05, 4.69) is 19.2 Å². The van der Waals surface area contributed by atoms with Gasteiger partial charge in [-0.25, -0.2) is 0 Å². The molecule has 2 aromatic rings. The van der Waals surface area contributed by atoms with E-state index in [9.17, 15) is 4.79 Å². The number of hydrogen-bond acceptors (Lipinski definition) is 2. The van der Waals surface area contributed by atoms with E-state index in [4.69, 9.17) is 4.74 Å². The van der Waals surface area contributed by atoms with E-state index in [0.717, 1.165) is 17.9 Å². The second-order valence-corrected chi connectivity index (χ2v) is 6.79. The summed E-state index contributed by atoms with van der Waals surface area (Å²) in [5, 5.41) is 3.20. The molecule has 3 atom stereocenters. The molecule has 0 spiro atoms. The van der Waals surface area contributed by atoms with Gasteiger partial charge in [0.15, 0.2) is 0 Å². The summed E-state index contributed by atoms with van der Waals surface area (Å²) in [5.41, 5.74) is 0.681. The Kier molecular flexibility index (Phi) is 5.19. The van der Waals surface area contributed by atoms with Crippen LogP contribution >= 0.6 is 0 Å². The highest BCUT2D eigenvalue weighted by molar-refractivity contribution is 5.94. The topological polar surface area (TPSA) is 38.3 Å². The lowest BCUT2D eigenvalue weighted by molar-refractivity contribution is 0.0891. The van der Waals surface area contributed by atoms with Crippen LogP contribution in [0.2, 0.25) is 0 Å². The third kappa shape index (κ3) is 3.97. The summed E-state index contributed by atoms with van der Waals surface area (Å²) in [6.45, 7) is 4.52. The quantitative estimate of drug-likeness (QED) is 0.856. The fourth-order valence-corrected chi connectivity index (χ4v) is 3.34. The third-order valence-corrected chi connectivity index (χ3v) is 5.12. The average molecular weight is 323 g/mol. The van der Waals surface area contributed by atoms with Crippen LogP contribution in [0.5, 0.6) is 11.5 Å². The molecule has 0 radical (unpaired) electrons. The number of carbonyl (C=O) groups is 1. The molecule has 0 saturated heterocycles. The van der Waals surface area contributed by atoms with Crippen molar-refractivity contribution in [2.45, 2.75) is 39.2 Å². The summed E-state index contributed by atoms with van der Waals surface area (Å²) in [6.07, 6.45) is 3.53. The Morgan fingerprint density at radius 2 is 1.62 bits per heavy atom. The maximum atomic E-state index is 12.5. The van der Waals surface area contributed by atoms with Gasteiger partial charge in [0.05, 0.1) is 0 Å². The molecule has 2 aromatic carbocycles. The highest BCUT2D eigenvalue weighted by Gasteiger charge is 2.28. The number of hydrogen-bond donors (Lipinski definition) is 1. The summed E-state index contributed by atoms with van der Waals surface area (Å²) in [6, 6.07) is 17.2. The number of benzene rings is 2. The predicted octanol–water partition coefficient (Wildman–Crippen LogP) is 5.03. The van der Waals surface area contributed by atoms with Gasteiger partial charge in [-0.2, -0.15) is 0 Å². The monoisotopic (exact) mass is 323 g/mol. The van der Waals surface area contributed by atoms with Crippen molar-refractivity contribution in [2.75, 3.05) is 0 Å². The van der Waals surface area contributed by atoms with Crippen LogP contribution in [0.4, 0.5) is 0 Å². The van der Waals surface area contributed by atoms with E-state index in [0.29, 0.717) is 17.4 Å². The van der Waals surface area contributed by atoms with Crippen molar-refractivity contribution in [2.24, 2.45) is 11.8 Å². The Labute approximate surface area is 144 Å². The molecule has 1 N–H and O–H groups in total. The summed E-state index contributed by atoms with van der Waals surface area (Å²) in [4.78, 5) is 12.5. The van der Waals surface area contributed by atoms with Crippen LogP contribution in [-0.2, 0) is 0 Å². The van der Waals surface area contributed by atoms with Gasteiger partial charge in [0.2, 0.25) is 0 Å². The highest BCUT2D eigenvalue weighted by Crippen LogP contribution is 2.29. The maximum Gasteiger partial charge on any atom is 0.251 e. The molecule has 3 nitrogen and oxygen atoms in total. The van der Waals surface area contributed by atoms with Gasteiger partial charge < -0.3 is 10.1 Å². The summed E-state index contributed by atoms with van der Waals surface area (Å²) >= 11 is 0. The number of ether oxygens (including phenoxy) is 1. The standard InChI is InChI=1S/C21H25NO2/c1-15-7-6-10-20(16(15)2)22-21(23)17-11-13-19(14-12-17)24-18-8-4-3-5-9-18/h3-5,8-9,11-16,20H,6-7,10H2,1-2H3,(H,22,23)/t15-,16+,20-/m0/s1. The van der Waals surface area contributed by atoms with Crippen LogP contribution in [0.3, 0.4) is 0 Å². The SMILES string of the molecule is C[C@H]1[C@@H](NC(=O)c2ccc(Oc3ccccc3)cc2)CCC[C@@H]1C. The van der Waals surface area contributed by atoms with Crippen molar-refractivity contribution < 1.29 is 9.53 Å². The first-order valence-electron chi connectivity index (χ1n) is 8.77. The van der Waals surface area contributed by atoms with E-state index in [1.165, 1.54) is 12.8 Å². The van der Waals surface area contributed by atoms with Gasteiger partial charge in [-0.15, -0.1) is 0 Å². The molecule has 24 heavy (non-hydrogen) atoms. The van der Waals surface area contributed by atoms with Gasteiger partial charge in [0, 0.05) is 11.6 Å². The van der Waals surface area contributed by atoms with Crippen LogP contribution in [0.25, 0.3) is 0 Å². The minimum atomic E-state index is 0.00668. The van der Waals surface area contributed by atoms with Crippen LogP contribution in [-0.4, -0.2) is 11.9 Å². The summed E-state index contributed by atoms with van der Waals surface area (Å²) in [7, 11) is 0. The molecule has 0 aliphatic heterocycles. The number of rotatable bonds is 4. The molecule has 1 fully saturated rings. The van der Waals surface area contributed by atoms with Gasteiger partial charge in [-0.05, 0) is 54.7 Å².